The molecular weight excluding hydrogens is 359 g/mol. The SMILES string of the molecule is CN1CCN(S(=O)(=O)CCC(=O)Nc2ccc(C(F)(F)F)cc2)CC1. The Kier molecular flexibility index (Phi) is 6.07. The molecule has 2 rings (SSSR count). The number of amides is 1. The van der Waals surface area contributed by atoms with Gasteiger partial charge in [0.15, 0.2) is 0 Å². The predicted molar refractivity (Wildman–Crippen MR) is 87.5 cm³/mol. The summed E-state index contributed by atoms with van der Waals surface area (Å²) >= 11 is 0. The number of nitrogens with zero attached hydrogens (tertiary/aromatic N) is 2. The summed E-state index contributed by atoms with van der Waals surface area (Å²) in [6.07, 6.45) is -4.70. The summed E-state index contributed by atoms with van der Waals surface area (Å²) in [5, 5.41) is 2.41. The number of likely N-dealkylation sites (N-methyl/N-ethyl adjacent to an activating group) is 1. The van der Waals surface area contributed by atoms with Crippen molar-refractivity contribution < 1.29 is 26.4 Å². The molecule has 1 aliphatic heterocycles. The van der Waals surface area contributed by atoms with Crippen molar-refractivity contribution in [2.75, 3.05) is 44.3 Å². The van der Waals surface area contributed by atoms with Crippen LogP contribution < -0.4 is 5.32 Å². The smallest absolute Gasteiger partial charge is 0.326 e. The number of carbonyl (C=O) groups is 1. The van der Waals surface area contributed by atoms with Gasteiger partial charge in [0.1, 0.15) is 0 Å². The Bertz CT molecular complexity index is 697. The fourth-order valence-electron chi connectivity index (χ4n) is 2.38. The lowest BCUT2D eigenvalue weighted by molar-refractivity contribution is -0.137. The van der Waals surface area contributed by atoms with Crippen LogP contribution in [0.25, 0.3) is 0 Å². The number of carbonyl (C=O) groups excluding carboxylic acids is 1. The Hall–Kier alpha value is -1.65. The molecule has 1 amide bonds. The molecule has 0 bridgehead atoms. The molecule has 0 unspecified atom stereocenters. The fraction of sp³-hybridized carbons (Fsp3) is 0.533. The van der Waals surface area contributed by atoms with E-state index in [1.165, 1.54) is 4.31 Å². The molecule has 0 aliphatic carbocycles. The van der Waals surface area contributed by atoms with E-state index in [1.807, 2.05) is 11.9 Å². The molecule has 1 aromatic carbocycles. The average molecular weight is 379 g/mol. The van der Waals surface area contributed by atoms with Crippen molar-refractivity contribution in [1.82, 2.24) is 9.21 Å². The molecule has 1 aromatic rings. The summed E-state index contributed by atoms with van der Waals surface area (Å²) in [6, 6.07) is 3.98. The van der Waals surface area contributed by atoms with E-state index in [-0.39, 0.29) is 17.9 Å². The Morgan fingerprint density at radius 1 is 1.12 bits per heavy atom. The number of halogens is 3. The van der Waals surface area contributed by atoms with Gasteiger partial charge in [0.25, 0.3) is 0 Å². The van der Waals surface area contributed by atoms with Gasteiger partial charge in [0.05, 0.1) is 11.3 Å². The maximum absolute atomic E-state index is 12.5. The molecule has 0 spiro atoms. The summed E-state index contributed by atoms with van der Waals surface area (Å²) < 4.78 is 63.2. The van der Waals surface area contributed by atoms with Crippen molar-refractivity contribution in [1.29, 1.82) is 0 Å². The molecule has 0 atom stereocenters. The van der Waals surface area contributed by atoms with Gasteiger partial charge < -0.3 is 10.2 Å². The monoisotopic (exact) mass is 379 g/mol. The van der Waals surface area contributed by atoms with Crippen molar-refractivity contribution in [3.05, 3.63) is 29.8 Å². The highest BCUT2D eigenvalue weighted by Gasteiger charge is 2.30. The highest BCUT2D eigenvalue weighted by atomic mass is 32.2. The van der Waals surface area contributed by atoms with Gasteiger partial charge in [0, 0.05) is 38.3 Å². The standard InChI is InChI=1S/C15H20F3N3O3S/c1-20-7-9-21(10-8-20)25(23,24)11-6-14(22)19-13-4-2-12(3-5-13)15(16,17)18/h2-5H,6-11H2,1H3,(H,19,22). The molecule has 0 aromatic heterocycles. The molecule has 0 radical (unpaired) electrons. The molecule has 1 N–H and O–H groups in total. The van der Waals surface area contributed by atoms with Crippen LogP contribution in [0.1, 0.15) is 12.0 Å². The lowest BCUT2D eigenvalue weighted by atomic mass is 10.2. The minimum absolute atomic E-state index is 0.190. The number of alkyl halides is 3. The minimum atomic E-state index is -4.45. The first-order valence-electron chi connectivity index (χ1n) is 7.71. The van der Waals surface area contributed by atoms with Crippen molar-refractivity contribution in [3.8, 4) is 0 Å². The summed E-state index contributed by atoms with van der Waals surface area (Å²) in [4.78, 5) is 13.9. The predicted octanol–water partition coefficient (Wildman–Crippen LogP) is 1.61. The second-order valence-electron chi connectivity index (χ2n) is 5.89. The first-order chi connectivity index (χ1) is 11.6. The number of hydrogen-bond donors (Lipinski definition) is 1. The topological polar surface area (TPSA) is 69.7 Å². The zero-order valence-corrected chi connectivity index (χ0v) is 14.5. The first kappa shape index (κ1) is 19.7. The maximum Gasteiger partial charge on any atom is 0.416 e. The van der Waals surface area contributed by atoms with E-state index < -0.39 is 27.7 Å². The average Bonchev–Trinajstić information content (AvgIpc) is 2.53. The highest BCUT2D eigenvalue weighted by Crippen LogP contribution is 2.29. The van der Waals surface area contributed by atoms with Crippen molar-refractivity contribution in [2.45, 2.75) is 12.6 Å². The van der Waals surface area contributed by atoms with Gasteiger partial charge in [-0.3, -0.25) is 4.79 Å². The summed E-state index contributed by atoms with van der Waals surface area (Å²) in [7, 11) is -1.62. The number of nitrogens with one attached hydrogen (secondary N) is 1. The number of hydrogen-bond acceptors (Lipinski definition) is 4. The van der Waals surface area contributed by atoms with Crippen LogP contribution in [0.3, 0.4) is 0 Å². The van der Waals surface area contributed by atoms with Crippen LogP contribution in [-0.4, -0.2) is 62.5 Å². The van der Waals surface area contributed by atoms with Crippen LogP contribution in [0, 0.1) is 0 Å². The van der Waals surface area contributed by atoms with Crippen LogP contribution in [0.5, 0.6) is 0 Å². The third-order valence-electron chi connectivity index (χ3n) is 3.94. The molecule has 1 heterocycles. The van der Waals surface area contributed by atoms with Crippen molar-refractivity contribution in [2.24, 2.45) is 0 Å². The summed E-state index contributed by atoms with van der Waals surface area (Å²) in [5.41, 5.74) is -0.627. The van der Waals surface area contributed by atoms with E-state index in [1.54, 1.807) is 0 Å². The summed E-state index contributed by atoms with van der Waals surface area (Å²) in [5.74, 6) is -0.888. The highest BCUT2D eigenvalue weighted by molar-refractivity contribution is 7.89. The van der Waals surface area contributed by atoms with E-state index in [0.29, 0.717) is 26.2 Å². The Morgan fingerprint density at radius 3 is 2.20 bits per heavy atom. The molecule has 25 heavy (non-hydrogen) atoms. The lowest BCUT2D eigenvalue weighted by Crippen LogP contribution is -2.47. The van der Waals surface area contributed by atoms with Crippen LogP contribution in [0.4, 0.5) is 18.9 Å². The fourth-order valence-corrected chi connectivity index (χ4v) is 3.80. The van der Waals surface area contributed by atoms with Crippen molar-refractivity contribution in [3.63, 3.8) is 0 Å². The zero-order valence-electron chi connectivity index (χ0n) is 13.7. The van der Waals surface area contributed by atoms with Gasteiger partial charge >= 0.3 is 6.18 Å². The third-order valence-corrected chi connectivity index (χ3v) is 5.81. The summed E-state index contributed by atoms with van der Waals surface area (Å²) in [6.45, 7) is 2.05. The molecule has 1 aliphatic rings. The second-order valence-corrected chi connectivity index (χ2v) is 7.98. The van der Waals surface area contributed by atoms with Crippen molar-refractivity contribution >= 4 is 21.6 Å². The quantitative estimate of drug-likeness (QED) is 0.844. The first-order valence-corrected chi connectivity index (χ1v) is 9.32. The van der Waals surface area contributed by atoms with Crippen LogP contribution in [-0.2, 0) is 21.0 Å². The molecule has 0 saturated carbocycles. The van der Waals surface area contributed by atoms with E-state index in [9.17, 15) is 26.4 Å². The van der Waals surface area contributed by atoms with Gasteiger partial charge in [0.2, 0.25) is 15.9 Å². The molecule has 1 saturated heterocycles. The normalized spacial score (nSPS) is 17.4. The van der Waals surface area contributed by atoms with Crippen LogP contribution >= 0.6 is 0 Å². The largest absolute Gasteiger partial charge is 0.416 e. The molecular formula is C15H20F3N3O3S. The second kappa shape index (κ2) is 7.71. The Balaban J connectivity index is 1.86. The molecule has 140 valence electrons. The minimum Gasteiger partial charge on any atom is -0.326 e. The van der Waals surface area contributed by atoms with Crippen LogP contribution in [0.15, 0.2) is 24.3 Å². The number of benzene rings is 1. The zero-order chi connectivity index (χ0) is 18.7. The Labute approximate surface area is 144 Å². The van der Waals surface area contributed by atoms with Gasteiger partial charge in [-0.2, -0.15) is 17.5 Å². The molecule has 1 fully saturated rings. The van der Waals surface area contributed by atoms with Gasteiger partial charge in [-0.1, -0.05) is 0 Å². The van der Waals surface area contributed by atoms with Crippen LogP contribution in [0.2, 0.25) is 0 Å². The molecule has 6 nitrogen and oxygen atoms in total. The number of anilines is 1. The van der Waals surface area contributed by atoms with Gasteiger partial charge in [-0.25, -0.2) is 8.42 Å². The Morgan fingerprint density at radius 2 is 1.68 bits per heavy atom. The number of rotatable bonds is 5. The van der Waals surface area contributed by atoms with Gasteiger partial charge in [-0.15, -0.1) is 0 Å². The van der Waals surface area contributed by atoms with Gasteiger partial charge in [-0.05, 0) is 31.3 Å². The van der Waals surface area contributed by atoms with E-state index in [4.69, 9.17) is 0 Å². The van der Waals surface area contributed by atoms with E-state index >= 15 is 0 Å². The number of sulfonamides is 1. The number of piperazine rings is 1. The van der Waals surface area contributed by atoms with E-state index in [0.717, 1.165) is 24.3 Å². The lowest BCUT2D eigenvalue weighted by Gasteiger charge is -2.31. The maximum atomic E-state index is 12.5. The van der Waals surface area contributed by atoms with E-state index in [2.05, 4.69) is 5.32 Å². The molecule has 10 heteroatoms. The third kappa shape index (κ3) is 5.68.